The second-order valence-corrected chi connectivity index (χ2v) is 9.16. The maximum absolute atomic E-state index is 13.1. The van der Waals surface area contributed by atoms with E-state index in [-0.39, 0.29) is 11.3 Å². The molecule has 9 heteroatoms. The Kier molecular flexibility index (Phi) is 5.38. The van der Waals surface area contributed by atoms with Gasteiger partial charge in [-0.05, 0) is 31.2 Å². The number of aryl methyl sites for hydroxylation is 1. The van der Waals surface area contributed by atoms with Crippen LogP contribution in [0.15, 0.2) is 36.4 Å². The number of carbonyl (C=O) groups is 1. The molecule has 6 nitrogen and oxygen atoms in total. The smallest absolute Gasteiger partial charge is 0.368 e. The first-order valence-electron chi connectivity index (χ1n) is 10.5. The maximum Gasteiger partial charge on any atom is 0.416 e. The number of amides is 1. The van der Waals surface area contributed by atoms with Crippen molar-refractivity contribution < 1.29 is 18.0 Å². The van der Waals surface area contributed by atoms with Crippen LogP contribution in [0, 0.1) is 6.92 Å². The van der Waals surface area contributed by atoms with Crippen molar-refractivity contribution in [3.8, 4) is 0 Å². The zero-order valence-corrected chi connectivity index (χ0v) is 18.6. The third-order valence-corrected chi connectivity index (χ3v) is 5.70. The van der Waals surface area contributed by atoms with Gasteiger partial charge in [0.25, 0.3) is 5.91 Å². The number of fused-ring (bicyclic) bond motifs is 1. The Bertz CT molecular complexity index is 1150. The fourth-order valence-electron chi connectivity index (χ4n) is 3.81. The molecule has 1 aromatic carbocycles. The fraction of sp³-hybridized carbons (Fsp3) is 0.435. The average Bonchev–Trinajstić information content (AvgIpc) is 3.18. The standard InChI is InChI=1S/C23H26F3N5O/c1-15-12-18(27-20-14-19(22(2,3)4)28-31(15)20)21(32)30-10-8-29(9-11-30)17-7-5-6-16(13-17)23(24,25)26/h5-7,12-14H,8-11H2,1-4H3. The van der Waals surface area contributed by atoms with Gasteiger partial charge in [-0.1, -0.05) is 26.8 Å². The highest BCUT2D eigenvalue weighted by Gasteiger charge is 2.31. The maximum atomic E-state index is 13.1. The quantitative estimate of drug-likeness (QED) is 0.590. The number of rotatable bonds is 2. The summed E-state index contributed by atoms with van der Waals surface area (Å²) < 4.78 is 40.8. The Balaban J connectivity index is 1.50. The van der Waals surface area contributed by atoms with Crippen LogP contribution < -0.4 is 4.90 Å². The predicted molar refractivity (Wildman–Crippen MR) is 116 cm³/mol. The van der Waals surface area contributed by atoms with Gasteiger partial charge >= 0.3 is 6.18 Å². The van der Waals surface area contributed by atoms with Crippen molar-refractivity contribution in [1.29, 1.82) is 0 Å². The molecule has 0 atom stereocenters. The highest BCUT2D eigenvalue weighted by molar-refractivity contribution is 5.93. The Morgan fingerprint density at radius 1 is 1.00 bits per heavy atom. The largest absolute Gasteiger partial charge is 0.416 e. The van der Waals surface area contributed by atoms with Crippen molar-refractivity contribution in [3.05, 3.63) is 59.0 Å². The zero-order valence-electron chi connectivity index (χ0n) is 18.6. The van der Waals surface area contributed by atoms with Crippen molar-refractivity contribution in [3.63, 3.8) is 0 Å². The van der Waals surface area contributed by atoms with E-state index in [2.05, 4.69) is 30.9 Å². The number of nitrogens with zero attached hydrogens (tertiary/aromatic N) is 5. The molecule has 1 fully saturated rings. The van der Waals surface area contributed by atoms with Crippen LogP contribution in [-0.4, -0.2) is 51.6 Å². The minimum absolute atomic E-state index is 0.135. The number of aromatic nitrogens is 3. The summed E-state index contributed by atoms with van der Waals surface area (Å²) in [6.45, 7) is 9.82. The lowest BCUT2D eigenvalue weighted by Crippen LogP contribution is -2.49. The molecule has 0 N–H and O–H groups in total. The van der Waals surface area contributed by atoms with Crippen LogP contribution in [0.5, 0.6) is 0 Å². The normalized spacial score (nSPS) is 15.5. The van der Waals surface area contributed by atoms with Gasteiger partial charge in [-0.2, -0.15) is 18.3 Å². The van der Waals surface area contributed by atoms with Crippen molar-refractivity contribution in [2.75, 3.05) is 31.1 Å². The van der Waals surface area contributed by atoms with E-state index in [1.54, 1.807) is 21.5 Å². The van der Waals surface area contributed by atoms with Gasteiger partial charge in [0, 0.05) is 49.0 Å². The van der Waals surface area contributed by atoms with Crippen LogP contribution in [-0.2, 0) is 11.6 Å². The second-order valence-electron chi connectivity index (χ2n) is 9.16. The Labute approximate surface area is 184 Å². The minimum Gasteiger partial charge on any atom is -0.368 e. The molecule has 0 aliphatic carbocycles. The van der Waals surface area contributed by atoms with Gasteiger partial charge in [0.2, 0.25) is 0 Å². The first kappa shape index (κ1) is 22.1. The average molecular weight is 445 g/mol. The third-order valence-electron chi connectivity index (χ3n) is 5.70. The fourth-order valence-corrected chi connectivity index (χ4v) is 3.81. The molecule has 0 spiro atoms. The highest BCUT2D eigenvalue weighted by Crippen LogP contribution is 2.32. The number of hydrogen-bond donors (Lipinski definition) is 0. The molecule has 0 bridgehead atoms. The number of carbonyl (C=O) groups excluding carboxylic acids is 1. The van der Waals surface area contributed by atoms with E-state index in [9.17, 15) is 18.0 Å². The number of benzene rings is 1. The molecule has 170 valence electrons. The summed E-state index contributed by atoms with van der Waals surface area (Å²) in [4.78, 5) is 21.2. The molecule has 4 rings (SSSR count). The molecule has 2 aromatic heterocycles. The summed E-state index contributed by atoms with van der Waals surface area (Å²) in [5.41, 5.74) is 2.39. The highest BCUT2D eigenvalue weighted by atomic mass is 19.4. The van der Waals surface area contributed by atoms with Gasteiger partial charge in [0.1, 0.15) is 5.69 Å². The molecule has 0 unspecified atom stereocenters. The van der Waals surface area contributed by atoms with E-state index < -0.39 is 11.7 Å². The van der Waals surface area contributed by atoms with Gasteiger partial charge in [-0.3, -0.25) is 4.79 Å². The van der Waals surface area contributed by atoms with Crippen LogP contribution in [0.1, 0.15) is 48.2 Å². The van der Waals surface area contributed by atoms with Gasteiger partial charge in [0.15, 0.2) is 5.65 Å². The van der Waals surface area contributed by atoms with E-state index in [1.807, 2.05) is 17.9 Å². The Hall–Kier alpha value is -3.10. The zero-order chi connectivity index (χ0) is 23.3. The molecule has 32 heavy (non-hydrogen) atoms. The molecule has 1 saturated heterocycles. The Morgan fingerprint density at radius 3 is 2.31 bits per heavy atom. The van der Waals surface area contributed by atoms with Crippen molar-refractivity contribution in [2.45, 2.75) is 39.3 Å². The van der Waals surface area contributed by atoms with Crippen LogP contribution in [0.4, 0.5) is 18.9 Å². The monoisotopic (exact) mass is 445 g/mol. The van der Waals surface area contributed by atoms with E-state index in [0.717, 1.165) is 23.5 Å². The summed E-state index contributed by atoms with van der Waals surface area (Å²) in [5, 5.41) is 4.61. The molecule has 1 aliphatic heterocycles. The lowest BCUT2D eigenvalue weighted by molar-refractivity contribution is -0.137. The first-order chi connectivity index (χ1) is 14.9. The number of halogens is 3. The number of piperazine rings is 1. The second kappa shape index (κ2) is 7.79. The summed E-state index contributed by atoms with van der Waals surface area (Å²) in [7, 11) is 0. The number of hydrogen-bond acceptors (Lipinski definition) is 4. The van der Waals surface area contributed by atoms with Crippen LogP contribution in [0.2, 0.25) is 0 Å². The Morgan fingerprint density at radius 2 is 1.69 bits per heavy atom. The summed E-state index contributed by atoms with van der Waals surface area (Å²) in [6.07, 6.45) is -4.38. The molecule has 0 radical (unpaired) electrons. The molecule has 3 heterocycles. The third kappa shape index (κ3) is 4.28. The topological polar surface area (TPSA) is 53.7 Å². The van der Waals surface area contributed by atoms with Crippen molar-refractivity contribution in [2.24, 2.45) is 0 Å². The molecule has 1 aliphatic rings. The van der Waals surface area contributed by atoms with Crippen molar-refractivity contribution in [1.82, 2.24) is 19.5 Å². The summed E-state index contributed by atoms with van der Waals surface area (Å²) in [6, 6.07) is 8.92. The molecule has 1 amide bonds. The van der Waals surface area contributed by atoms with Gasteiger partial charge in [0.05, 0.1) is 11.3 Å². The minimum atomic E-state index is -4.38. The van der Waals surface area contributed by atoms with Crippen LogP contribution in [0.25, 0.3) is 5.65 Å². The number of alkyl halides is 3. The van der Waals surface area contributed by atoms with Crippen LogP contribution in [0.3, 0.4) is 0 Å². The summed E-state index contributed by atoms with van der Waals surface area (Å²) >= 11 is 0. The number of anilines is 1. The first-order valence-corrected chi connectivity index (χ1v) is 10.5. The molecule has 3 aromatic rings. The molecule has 0 saturated carbocycles. The van der Waals surface area contributed by atoms with E-state index in [0.29, 0.717) is 43.2 Å². The molecular formula is C23H26F3N5O. The molecular weight excluding hydrogens is 419 g/mol. The van der Waals surface area contributed by atoms with E-state index >= 15 is 0 Å². The van der Waals surface area contributed by atoms with Gasteiger partial charge in [-0.25, -0.2) is 9.50 Å². The van der Waals surface area contributed by atoms with E-state index in [4.69, 9.17) is 0 Å². The lowest BCUT2D eigenvalue weighted by Gasteiger charge is -2.36. The van der Waals surface area contributed by atoms with Gasteiger partial charge < -0.3 is 9.80 Å². The lowest BCUT2D eigenvalue weighted by atomic mass is 9.93. The van der Waals surface area contributed by atoms with Crippen molar-refractivity contribution >= 4 is 17.2 Å². The summed E-state index contributed by atoms with van der Waals surface area (Å²) in [5.74, 6) is -0.183. The van der Waals surface area contributed by atoms with E-state index in [1.165, 1.54) is 6.07 Å². The SMILES string of the molecule is Cc1cc(C(=O)N2CCN(c3cccc(C(F)(F)F)c3)CC2)nc2cc(C(C)(C)C)nn12. The predicted octanol–water partition coefficient (Wildman–Crippen LogP) is 4.32. The van der Waals surface area contributed by atoms with Gasteiger partial charge in [-0.15, -0.1) is 0 Å². The van der Waals surface area contributed by atoms with Crippen LogP contribution >= 0.6 is 0 Å².